The third-order valence-electron chi connectivity index (χ3n) is 3.57. The van der Waals surface area contributed by atoms with Gasteiger partial charge < -0.3 is 5.32 Å². The molecule has 8 heteroatoms. The second-order valence-corrected chi connectivity index (χ2v) is 8.23. The molecule has 0 aliphatic rings. The molecule has 0 fully saturated rings. The van der Waals surface area contributed by atoms with Crippen molar-refractivity contribution in [2.24, 2.45) is 0 Å². The number of nitrogens with zero attached hydrogens (tertiary/aromatic N) is 1. The molecule has 1 unspecified atom stereocenters. The number of benzene rings is 2. The number of carbonyl (C=O) groups is 1. The summed E-state index contributed by atoms with van der Waals surface area (Å²) >= 11 is 11.9. The van der Waals surface area contributed by atoms with E-state index in [0.717, 1.165) is 10.6 Å². The van der Waals surface area contributed by atoms with Crippen molar-refractivity contribution in [3.05, 3.63) is 64.1 Å². The maximum Gasteiger partial charge on any atom is 0.243 e. The highest BCUT2D eigenvalue weighted by molar-refractivity contribution is 7.92. The second-order valence-electron chi connectivity index (χ2n) is 5.52. The highest BCUT2D eigenvalue weighted by Crippen LogP contribution is 2.22. The number of amides is 1. The quantitative estimate of drug-likeness (QED) is 0.806. The Bertz CT molecular complexity index is 857. The van der Waals surface area contributed by atoms with Crippen LogP contribution >= 0.6 is 23.2 Å². The first-order valence-corrected chi connectivity index (χ1v) is 10.1. The van der Waals surface area contributed by atoms with Crippen LogP contribution in [0.25, 0.3) is 0 Å². The van der Waals surface area contributed by atoms with E-state index >= 15 is 0 Å². The van der Waals surface area contributed by atoms with Crippen LogP contribution < -0.4 is 9.62 Å². The largest absolute Gasteiger partial charge is 0.350 e. The van der Waals surface area contributed by atoms with Crippen molar-refractivity contribution in [2.45, 2.75) is 19.5 Å². The zero-order chi connectivity index (χ0) is 18.6. The SMILES string of the molecule is CC(C(=O)NCc1ccc(Cl)cc1Cl)N(c1ccccc1)S(C)(=O)=O. The predicted octanol–water partition coefficient (Wildman–Crippen LogP) is 3.46. The first-order valence-electron chi connectivity index (χ1n) is 7.46. The van der Waals surface area contributed by atoms with Crippen molar-refractivity contribution >= 4 is 44.8 Å². The van der Waals surface area contributed by atoms with Crippen LogP contribution in [-0.4, -0.2) is 26.6 Å². The molecule has 1 N–H and O–H groups in total. The predicted molar refractivity (Wildman–Crippen MR) is 102 cm³/mol. The van der Waals surface area contributed by atoms with Crippen LogP contribution in [0.1, 0.15) is 12.5 Å². The van der Waals surface area contributed by atoms with Crippen molar-refractivity contribution in [2.75, 3.05) is 10.6 Å². The highest BCUT2D eigenvalue weighted by Gasteiger charge is 2.28. The summed E-state index contributed by atoms with van der Waals surface area (Å²) in [5.41, 5.74) is 1.12. The maximum absolute atomic E-state index is 12.5. The lowest BCUT2D eigenvalue weighted by Gasteiger charge is -2.28. The van der Waals surface area contributed by atoms with Crippen LogP contribution in [0.4, 0.5) is 5.69 Å². The molecule has 2 aromatic carbocycles. The van der Waals surface area contributed by atoms with E-state index in [4.69, 9.17) is 23.2 Å². The topological polar surface area (TPSA) is 66.5 Å². The van der Waals surface area contributed by atoms with E-state index in [2.05, 4.69) is 5.32 Å². The van der Waals surface area contributed by atoms with Crippen LogP contribution in [-0.2, 0) is 21.4 Å². The first-order chi connectivity index (χ1) is 11.7. The first kappa shape index (κ1) is 19.6. The molecule has 0 aliphatic heterocycles. The third kappa shape index (κ3) is 5.11. The number of carbonyl (C=O) groups excluding carboxylic acids is 1. The van der Waals surface area contributed by atoms with E-state index in [1.54, 1.807) is 48.5 Å². The van der Waals surface area contributed by atoms with Gasteiger partial charge in [0.2, 0.25) is 15.9 Å². The van der Waals surface area contributed by atoms with Crippen LogP contribution in [0.15, 0.2) is 48.5 Å². The van der Waals surface area contributed by atoms with Crippen LogP contribution in [0, 0.1) is 0 Å². The molecule has 2 aromatic rings. The summed E-state index contributed by atoms with van der Waals surface area (Å²) in [5, 5.41) is 3.64. The Hall–Kier alpha value is -1.76. The van der Waals surface area contributed by atoms with E-state index in [0.29, 0.717) is 21.3 Å². The van der Waals surface area contributed by atoms with Gasteiger partial charge in [0, 0.05) is 16.6 Å². The van der Waals surface area contributed by atoms with Gasteiger partial charge in [0.25, 0.3) is 0 Å². The van der Waals surface area contributed by atoms with Crippen LogP contribution in [0.3, 0.4) is 0 Å². The normalized spacial score (nSPS) is 12.5. The van der Waals surface area contributed by atoms with Gasteiger partial charge in [-0.15, -0.1) is 0 Å². The van der Waals surface area contributed by atoms with Crippen molar-refractivity contribution in [1.82, 2.24) is 5.32 Å². The van der Waals surface area contributed by atoms with Gasteiger partial charge in [0.15, 0.2) is 0 Å². The van der Waals surface area contributed by atoms with E-state index in [1.165, 1.54) is 6.92 Å². The summed E-state index contributed by atoms with van der Waals surface area (Å²) < 4.78 is 25.4. The van der Waals surface area contributed by atoms with Gasteiger partial charge in [0.05, 0.1) is 11.9 Å². The number of anilines is 1. The fraction of sp³-hybridized carbons (Fsp3) is 0.235. The highest BCUT2D eigenvalue weighted by atomic mass is 35.5. The smallest absolute Gasteiger partial charge is 0.243 e. The zero-order valence-electron chi connectivity index (χ0n) is 13.7. The summed E-state index contributed by atoms with van der Waals surface area (Å²) in [7, 11) is -3.63. The standard InChI is InChI=1S/C17H18Cl2N2O3S/c1-12(21(25(2,23)24)15-6-4-3-5-7-15)17(22)20-11-13-8-9-14(18)10-16(13)19/h3-10,12H,11H2,1-2H3,(H,20,22). The lowest BCUT2D eigenvalue weighted by molar-refractivity contribution is -0.122. The molecule has 0 heterocycles. The molecule has 25 heavy (non-hydrogen) atoms. The number of sulfonamides is 1. The molecule has 0 saturated heterocycles. The van der Waals surface area contributed by atoms with E-state index in [1.807, 2.05) is 0 Å². The summed E-state index contributed by atoms with van der Waals surface area (Å²) in [5.74, 6) is -0.430. The molecule has 134 valence electrons. The summed E-state index contributed by atoms with van der Waals surface area (Å²) in [4.78, 5) is 12.5. The summed E-state index contributed by atoms with van der Waals surface area (Å²) in [6, 6.07) is 12.5. The Morgan fingerprint density at radius 3 is 2.36 bits per heavy atom. The van der Waals surface area contributed by atoms with Gasteiger partial charge in [-0.2, -0.15) is 0 Å². The number of rotatable bonds is 6. The molecular weight excluding hydrogens is 383 g/mol. The molecule has 2 rings (SSSR count). The van der Waals surface area contributed by atoms with Gasteiger partial charge in [-0.1, -0.05) is 47.5 Å². The Morgan fingerprint density at radius 2 is 1.80 bits per heavy atom. The molecule has 0 bridgehead atoms. The number of nitrogens with one attached hydrogen (secondary N) is 1. The van der Waals surface area contributed by atoms with Crippen LogP contribution in [0.2, 0.25) is 10.0 Å². The van der Waals surface area contributed by atoms with E-state index in [9.17, 15) is 13.2 Å². The minimum absolute atomic E-state index is 0.172. The maximum atomic E-state index is 12.5. The van der Waals surface area contributed by atoms with Gasteiger partial charge >= 0.3 is 0 Å². The van der Waals surface area contributed by atoms with Gasteiger partial charge in [-0.05, 0) is 36.8 Å². The van der Waals surface area contributed by atoms with Gasteiger partial charge in [-0.25, -0.2) is 8.42 Å². The lowest BCUT2D eigenvalue weighted by atomic mass is 10.2. The number of hydrogen-bond donors (Lipinski definition) is 1. The molecular formula is C17H18Cl2N2O3S. The van der Waals surface area contributed by atoms with Gasteiger partial charge in [-0.3, -0.25) is 9.10 Å². The average Bonchev–Trinajstić information content (AvgIpc) is 2.53. The van der Waals surface area contributed by atoms with Crippen LogP contribution in [0.5, 0.6) is 0 Å². The Kier molecular flexibility index (Phi) is 6.32. The van der Waals surface area contributed by atoms with Gasteiger partial charge in [0.1, 0.15) is 6.04 Å². The Balaban J connectivity index is 2.16. The molecule has 5 nitrogen and oxygen atoms in total. The Morgan fingerprint density at radius 1 is 1.16 bits per heavy atom. The summed E-state index contributed by atoms with van der Waals surface area (Å²) in [6.07, 6.45) is 1.07. The second kappa shape index (κ2) is 8.08. The van der Waals surface area contributed by atoms with Crippen molar-refractivity contribution in [3.63, 3.8) is 0 Å². The minimum Gasteiger partial charge on any atom is -0.350 e. The molecule has 0 saturated carbocycles. The number of halogens is 2. The summed E-state index contributed by atoms with van der Waals surface area (Å²) in [6.45, 7) is 1.71. The zero-order valence-corrected chi connectivity index (χ0v) is 16.1. The molecule has 0 aliphatic carbocycles. The molecule has 0 aromatic heterocycles. The lowest BCUT2D eigenvalue weighted by Crippen LogP contribution is -2.47. The monoisotopic (exact) mass is 400 g/mol. The third-order valence-corrected chi connectivity index (χ3v) is 5.40. The number of hydrogen-bond acceptors (Lipinski definition) is 3. The molecule has 1 atom stereocenters. The molecule has 0 radical (unpaired) electrons. The Labute approximate surface area is 157 Å². The van der Waals surface area contributed by atoms with E-state index < -0.39 is 22.0 Å². The van der Waals surface area contributed by atoms with Crippen molar-refractivity contribution in [1.29, 1.82) is 0 Å². The average molecular weight is 401 g/mol. The fourth-order valence-corrected chi connectivity index (χ4v) is 4.03. The van der Waals surface area contributed by atoms with Crippen molar-refractivity contribution in [3.8, 4) is 0 Å². The molecule has 1 amide bonds. The minimum atomic E-state index is -3.63. The number of para-hydroxylation sites is 1. The van der Waals surface area contributed by atoms with E-state index in [-0.39, 0.29) is 6.54 Å². The molecule has 0 spiro atoms. The van der Waals surface area contributed by atoms with Crippen molar-refractivity contribution < 1.29 is 13.2 Å². The fourth-order valence-electron chi connectivity index (χ4n) is 2.38.